The molecule has 7 nitrogen and oxygen atoms in total. The fourth-order valence-corrected chi connectivity index (χ4v) is 4.02. The van der Waals surface area contributed by atoms with E-state index in [9.17, 15) is 9.59 Å². The van der Waals surface area contributed by atoms with Gasteiger partial charge in [-0.05, 0) is 49.1 Å². The molecule has 0 bridgehead atoms. The maximum atomic E-state index is 12.7. The smallest absolute Gasteiger partial charge is 0.267 e. The van der Waals surface area contributed by atoms with Crippen LogP contribution in [0.25, 0.3) is 10.9 Å². The highest BCUT2D eigenvalue weighted by molar-refractivity contribution is 5.98. The standard InChI is InChI=1S/C20H20N4O3/c25-19-9-12-2-1-3-16(12)23-24(19)18-11-27-10-17(18)22-20(26)14-4-5-15-13(8-14)6-7-21-15/h4-9,17-18,21H,1-3,10-11H2,(H,22,26). The number of hydrogen-bond donors (Lipinski definition) is 2. The second-order valence-electron chi connectivity index (χ2n) is 7.22. The lowest BCUT2D eigenvalue weighted by molar-refractivity contribution is 0.0924. The first-order valence-corrected chi connectivity index (χ1v) is 9.26. The second kappa shape index (κ2) is 6.35. The third kappa shape index (κ3) is 2.84. The number of nitrogens with zero attached hydrogens (tertiary/aromatic N) is 2. The molecule has 1 aromatic carbocycles. The molecule has 5 rings (SSSR count). The number of hydrogen-bond acceptors (Lipinski definition) is 4. The molecule has 3 aromatic rings. The molecular formula is C20H20N4O3. The zero-order chi connectivity index (χ0) is 18.4. The van der Waals surface area contributed by atoms with Gasteiger partial charge in [-0.3, -0.25) is 9.59 Å². The lowest BCUT2D eigenvalue weighted by atomic mass is 10.1. The fraction of sp³-hybridized carbons (Fsp3) is 0.350. The predicted octanol–water partition coefficient (Wildman–Crippen LogP) is 1.58. The van der Waals surface area contributed by atoms with Crippen molar-refractivity contribution in [1.82, 2.24) is 20.1 Å². The SMILES string of the molecule is O=C(NC1COCC1n1nc2c(cc1=O)CCC2)c1ccc2[nH]ccc2c1. The summed E-state index contributed by atoms with van der Waals surface area (Å²) in [7, 11) is 0. The number of aromatic amines is 1. The van der Waals surface area contributed by atoms with Gasteiger partial charge in [0.25, 0.3) is 11.5 Å². The van der Waals surface area contributed by atoms with Gasteiger partial charge in [-0.1, -0.05) is 0 Å². The molecule has 7 heteroatoms. The van der Waals surface area contributed by atoms with Crippen molar-refractivity contribution in [3.63, 3.8) is 0 Å². The molecule has 1 saturated heterocycles. The number of aromatic nitrogens is 3. The Morgan fingerprint density at radius 2 is 2.15 bits per heavy atom. The first-order chi connectivity index (χ1) is 13.2. The van der Waals surface area contributed by atoms with Gasteiger partial charge in [-0.25, -0.2) is 4.68 Å². The molecule has 2 atom stereocenters. The van der Waals surface area contributed by atoms with E-state index in [2.05, 4.69) is 15.4 Å². The lowest BCUT2D eigenvalue weighted by Gasteiger charge is -2.21. The predicted molar refractivity (Wildman–Crippen MR) is 99.9 cm³/mol. The van der Waals surface area contributed by atoms with Gasteiger partial charge in [0.1, 0.15) is 6.04 Å². The Hall–Kier alpha value is -2.93. The average Bonchev–Trinajstić information content (AvgIpc) is 3.40. The van der Waals surface area contributed by atoms with Gasteiger partial charge in [-0.15, -0.1) is 0 Å². The molecule has 1 aliphatic carbocycles. The van der Waals surface area contributed by atoms with Crippen molar-refractivity contribution in [2.75, 3.05) is 13.2 Å². The minimum absolute atomic E-state index is 0.126. The number of rotatable bonds is 3. The van der Waals surface area contributed by atoms with E-state index in [1.807, 2.05) is 24.4 Å². The van der Waals surface area contributed by atoms with Crippen LogP contribution in [0.1, 0.15) is 34.1 Å². The molecule has 0 spiro atoms. The second-order valence-corrected chi connectivity index (χ2v) is 7.22. The van der Waals surface area contributed by atoms with E-state index >= 15 is 0 Å². The van der Waals surface area contributed by atoms with Crippen molar-refractivity contribution in [2.45, 2.75) is 31.3 Å². The van der Waals surface area contributed by atoms with Crippen LogP contribution in [0.3, 0.4) is 0 Å². The summed E-state index contributed by atoms with van der Waals surface area (Å²) in [5, 5.41) is 8.57. The van der Waals surface area contributed by atoms with Gasteiger partial charge in [0.2, 0.25) is 0 Å². The first-order valence-electron chi connectivity index (χ1n) is 9.26. The Morgan fingerprint density at radius 1 is 1.22 bits per heavy atom. The largest absolute Gasteiger partial charge is 0.377 e. The summed E-state index contributed by atoms with van der Waals surface area (Å²) in [5.74, 6) is -0.173. The molecule has 1 aliphatic heterocycles. The zero-order valence-electron chi connectivity index (χ0n) is 14.8. The Balaban J connectivity index is 1.40. The van der Waals surface area contributed by atoms with Gasteiger partial charge in [0, 0.05) is 28.7 Å². The van der Waals surface area contributed by atoms with Crippen molar-refractivity contribution in [3.05, 3.63) is 63.7 Å². The maximum Gasteiger partial charge on any atom is 0.267 e. The number of nitrogens with one attached hydrogen (secondary N) is 2. The average molecular weight is 364 g/mol. The molecule has 2 aromatic heterocycles. The van der Waals surface area contributed by atoms with Crippen molar-refractivity contribution in [3.8, 4) is 0 Å². The van der Waals surface area contributed by atoms with Crippen molar-refractivity contribution < 1.29 is 9.53 Å². The number of H-pyrrole nitrogens is 1. The van der Waals surface area contributed by atoms with Crippen LogP contribution >= 0.6 is 0 Å². The summed E-state index contributed by atoms with van der Waals surface area (Å²) in [4.78, 5) is 28.4. The van der Waals surface area contributed by atoms with Crippen LogP contribution in [0.4, 0.5) is 0 Å². The fourth-order valence-electron chi connectivity index (χ4n) is 4.02. The Labute approximate surface area is 155 Å². The number of ether oxygens (including phenoxy) is 1. The van der Waals surface area contributed by atoms with E-state index in [1.54, 1.807) is 12.1 Å². The normalized spacial score (nSPS) is 21.5. The van der Waals surface area contributed by atoms with Crippen LogP contribution in [-0.2, 0) is 17.6 Å². The Bertz CT molecular complexity index is 1080. The van der Waals surface area contributed by atoms with E-state index in [4.69, 9.17) is 4.74 Å². The third-order valence-electron chi connectivity index (χ3n) is 5.48. The minimum Gasteiger partial charge on any atom is -0.377 e. The summed E-state index contributed by atoms with van der Waals surface area (Å²) in [6, 6.07) is 8.57. The monoisotopic (exact) mass is 364 g/mol. The Morgan fingerprint density at radius 3 is 3.07 bits per heavy atom. The molecule has 2 unspecified atom stereocenters. The van der Waals surface area contributed by atoms with Gasteiger partial charge in [0.15, 0.2) is 0 Å². The summed E-state index contributed by atoms with van der Waals surface area (Å²) in [6.45, 7) is 0.738. The number of aryl methyl sites for hydroxylation is 2. The van der Waals surface area contributed by atoms with E-state index in [-0.39, 0.29) is 23.6 Å². The highest BCUT2D eigenvalue weighted by Gasteiger charge is 2.33. The Kier molecular flexibility index (Phi) is 3.82. The topological polar surface area (TPSA) is 89.0 Å². The highest BCUT2D eigenvalue weighted by Crippen LogP contribution is 2.22. The summed E-state index contributed by atoms with van der Waals surface area (Å²) < 4.78 is 7.07. The number of carbonyl (C=O) groups is 1. The van der Waals surface area contributed by atoms with Gasteiger partial charge in [0.05, 0.1) is 24.9 Å². The molecule has 0 saturated carbocycles. The van der Waals surface area contributed by atoms with Crippen LogP contribution in [0.5, 0.6) is 0 Å². The molecule has 0 radical (unpaired) electrons. The lowest BCUT2D eigenvalue weighted by Crippen LogP contribution is -2.44. The minimum atomic E-state index is -0.289. The maximum absolute atomic E-state index is 12.7. The first kappa shape index (κ1) is 16.3. The number of fused-ring (bicyclic) bond motifs is 2. The quantitative estimate of drug-likeness (QED) is 0.739. The molecule has 27 heavy (non-hydrogen) atoms. The van der Waals surface area contributed by atoms with Crippen LogP contribution in [0.2, 0.25) is 0 Å². The molecule has 2 aliphatic rings. The number of benzene rings is 1. The summed E-state index contributed by atoms with van der Waals surface area (Å²) in [6.07, 6.45) is 4.70. The van der Waals surface area contributed by atoms with E-state index in [1.165, 1.54) is 4.68 Å². The third-order valence-corrected chi connectivity index (χ3v) is 5.48. The van der Waals surface area contributed by atoms with E-state index in [0.29, 0.717) is 18.8 Å². The number of carbonyl (C=O) groups excluding carboxylic acids is 1. The van der Waals surface area contributed by atoms with Gasteiger partial charge in [-0.2, -0.15) is 5.10 Å². The van der Waals surface area contributed by atoms with Crippen molar-refractivity contribution in [1.29, 1.82) is 0 Å². The zero-order valence-corrected chi connectivity index (χ0v) is 14.8. The molecule has 3 heterocycles. The highest BCUT2D eigenvalue weighted by atomic mass is 16.5. The van der Waals surface area contributed by atoms with Gasteiger partial charge < -0.3 is 15.0 Å². The molecule has 1 amide bonds. The summed E-state index contributed by atoms with van der Waals surface area (Å²) in [5.41, 5.74) is 3.49. The molecule has 138 valence electrons. The van der Waals surface area contributed by atoms with E-state index < -0.39 is 0 Å². The molecule has 2 N–H and O–H groups in total. The van der Waals surface area contributed by atoms with Gasteiger partial charge >= 0.3 is 0 Å². The van der Waals surface area contributed by atoms with Crippen molar-refractivity contribution in [2.24, 2.45) is 0 Å². The van der Waals surface area contributed by atoms with Crippen LogP contribution < -0.4 is 10.9 Å². The van der Waals surface area contributed by atoms with Crippen molar-refractivity contribution >= 4 is 16.8 Å². The molecule has 1 fully saturated rings. The van der Waals surface area contributed by atoms with Crippen LogP contribution in [0.15, 0.2) is 41.3 Å². The van der Waals surface area contributed by atoms with E-state index in [0.717, 1.165) is 41.4 Å². The van der Waals surface area contributed by atoms with Crippen LogP contribution in [0, 0.1) is 0 Å². The van der Waals surface area contributed by atoms with Crippen LogP contribution in [-0.4, -0.2) is 39.9 Å². The molecular weight excluding hydrogens is 344 g/mol. The summed E-state index contributed by atoms with van der Waals surface area (Å²) >= 11 is 0. The number of amides is 1.